The van der Waals surface area contributed by atoms with Gasteiger partial charge in [-0.05, 0) is 6.07 Å². The Kier molecular flexibility index (Phi) is 2.00. The minimum atomic E-state index is -0.312. The third-order valence-corrected chi connectivity index (χ3v) is 2.32. The van der Waals surface area contributed by atoms with E-state index in [1.165, 1.54) is 0 Å². The first-order chi connectivity index (χ1) is 6.63. The van der Waals surface area contributed by atoms with E-state index in [1.54, 1.807) is 10.7 Å². The number of rotatable bonds is 2. The lowest BCUT2D eigenvalue weighted by molar-refractivity contribution is 0.215. The predicted molar refractivity (Wildman–Crippen MR) is 53.1 cm³/mol. The lowest BCUT2D eigenvalue weighted by Crippen LogP contribution is -2.22. The van der Waals surface area contributed by atoms with Crippen LogP contribution in [0.4, 0.5) is 0 Å². The van der Waals surface area contributed by atoms with Crippen molar-refractivity contribution in [2.45, 2.75) is 19.3 Å². The third kappa shape index (κ3) is 1.37. The van der Waals surface area contributed by atoms with Gasteiger partial charge in [-0.15, -0.1) is 0 Å². The van der Waals surface area contributed by atoms with E-state index < -0.39 is 0 Å². The van der Waals surface area contributed by atoms with Crippen LogP contribution in [0.5, 0.6) is 0 Å². The molecule has 0 spiro atoms. The molecule has 4 heteroatoms. The molecule has 2 aromatic heterocycles. The van der Waals surface area contributed by atoms with Gasteiger partial charge in [-0.2, -0.15) is 5.10 Å². The second-order valence-electron chi connectivity index (χ2n) is 3.99. The molecule has 14 heavy (non-hydrogen) atoms. The molecule has 0 aliphatic heterocycles. The maximum absolute atomic E-state index is 9.20. The molecular formula is C10H13N3O. The molecule has 0 unspecified atom stereocenters. The molecule has 0 amide bonds. The summed E-state index contributed by atoms with van der Waals surface area (Å²) in [5, 5.41) is 13.6. The van der Waals surface area contributed by atoms with Gasteiger partial charge in [0.05, 0.1) is 12.3 Å². The third-order valence-electron chi connectivity index (χ3n) is 2.32. The Hall–Kier alpha value is -1.42. The van der Waals surface area contributed by atoms with E-state index >= 15 is 0 Å². The van der Waals surface area contributed by atoms with Crippen molar-refractivity contribution in [3.8, 4) is 0 Å². The minimum absolute atomic E-state index is 0.0802. The van der Waals surface area contributed by atoms with Crippen molar-refractivity contribution in [1.82, 2.24) is 14.6 Å². The molecule has 2 heterocycles. The first-order valence-corrected chi connectivity index (χ1v) is 4.55. The second kappa shape index (κ2) is 3.06. The summed E-state index contributed by atoms with van der Waals surface area (Å²) < 4.78 is 1.72. The Morgan fingerprint density at radius 3 is 2.93 bits per heavy atom. The molecule has 0 saturated heterocycles. The smallest absolute Gasteiger partial charge is 0.155 e. The number of hydrogen-bond donors (Lipinski definition) is 1. The van der Waals surface area contributed by atoms with E-state index in [0.29, 0.717) is 0 Å². The highest BCUT2D eigenvalue weighted by atomic mass is 16.3. The monoisotopic (exact) mass is 191 g/mol. The van der Waals surface area contributed by atoms with Gasteiger partial charge in [0.25, 0.3) is 0 Å². The highest BCUT2D eigenvalue weighted by Crippen LogP contribution is 2.21. The van der Waals surface area contributed by atoms with Gasteiger partial charge in [-0.25, -0.2) is 9.50 Å². The summed E-state index contributed by atoms with van der Waals surface area (Å²) >= 11 is 0. The van der Waals surface area contributed by atoms with Crippen molar-refractivity contribution in [3.05, 3.63) is 30.2 Å². The number of aromatic nitrogens is 3. The minimum Gasteiger partial charge on any atom is -0.395 e. The number of aliphatic hydroxyl groups excluding tert-OH is 1. The van der Waals surface area contributed by atoms with E-state index in [4.69, 9.17) is 0 Å². The van der Waals surface area contributed by atoms with Crippen molar-refractivity contribution in [1.29, 1.82) is 0 Å². The lowest BCUT2D eigenvalue weighted by atomic mass is 9.91. The first kappa shape index (κ1) is 9.15. The zero-order valence-electron chi connectivity index (χ0n) is 8.31. The standard InChI is InChI=1S/C10H13N3O/c1-10(2,7-14)8-6-9-11-4-3-5-13(9)12-8/h3-6,14H,7H2,1-2H3. The molecule has 0 aliphatic carbocycles. The summed E-state index contributed by atoms with van der Waals surface area (Å²) in [6.07, 6.45) is 3.58. The largest absolute Gasteiger partial charge is 0.395 e. The van der Waals surface area contributed by atoms with Crippen molar-refractivity contribution in [3.63, 3.8) is 0 Å². The SMILES string of the molecule is CC(C)(CO)c1cc2ncccn2n1. The molecule has 2 aromatic rings. The molecular weight excluding hydrogens is 178 g/mol. The van der Waals surface area contributed by atoms with Crippen LogP contribution >= 0.6 is 0 Å². The molecule has 0 aromatic carbocycles. The summed E-state index contributed by atoms with van der Waals surface area (Å²) in [6, 6.07) is 3.73. The van der Waals surface area contributed by atoms with Crippen LogP contribution in [0.25, 0.3) is 5.65 Å². The van der Waals surface area contributed by atoms with Crippen molar-refractivity contribution < 1.29 is 5.11 Å². The van der Waals surface area contributed by atoms with Crippen LogP contribution in [-0.2, 0) is 5.41 Å². The molecule has 4 nitrogen and oxygen atoms in total. The van der Waals surface area contributed by atoms with Gasteiger partial charge in [0.2, 0.25) is 0 Å². The second-order valence-corrected chi connectivity index (χ2v) is 3.99. The van der Waals surface area contributed by atoms with Gasteiger partial charge in [0, 0.05) is 23.9 Å². The maximum Gasteiger partial charge on any atom is 0.155 e. The van der Waals surface area contributed by atoms with Gasteiger partial charge in [-0.3, -0.25) is 0 Å². The van der Waals surface area contributed by atoms with Crippen molar-refractivity contribution in [2.75, 3.05) is 6.61 Å². The normalized spacial score (nSPS) is 12.2. The van der Waals surface area contributed by atoms with Gasteiger partial charge in [0.1, 0.15) is 0 Å². The zero-order valence-corrected chi connectivity index (χ0v) is 8.31. The summed E-state index contributed by atoms with van der Waals surface area (Å²) in [5.41, 5.74) is 1.36. The van der Waals surface area contributed by atoms with Crippen LogP contribution in [0.1, 0.15) is 19.5 Å². The number of hydrogen-bond acceptors (Lipinski definition) is 3. The zero-order chi connectivity index (χ0) is 10.2. The van der Waals surface area contributed by atoms with E-state index in [2.05, 4.69) is 10.1 Å². The van der Waals surface area contributed by atoms with Crippen LogP contribution in [0.3, 0.4) is 0 Å². The molecule has 0 fully saturated rings. The molecule has 0 radical (unpaired) electrons. The summed E-state index contributed by atoms with van der Waals surface area (Å²) in [4.78, 5) is 4.17. The molecule has 0 bridgehead atoms. The van der Waals surface area contributed by atoms with Gasteiger partial charge < -0.3 is 5.11 Å². The van der Waals surface area contributed by atoms with Crippen molar-refractivity contribution >= 4 is 5.65 Å². The molecule has 74 valence electrons. The van der Waals surface area contributed by atoms with Crippen LogP contribution in [0.15, 0.2) is 24.5 Å². The fourth-order valence-electron chi connectivity index (χ4n) is 1.24. The van der Waals surface area contributed by atoms with E-state index in [9.17, 15) is 5.11 Å². The Morgan fingerprint density at radius 1 is 1.50 bits per heavy atom. The number of nitrogens with zero attached hydrogens (tertiary/aromatic N) is 3. The molecule has 2 rings (SSSR count). The van der Waals surface area contributed by atoms with E-state index in [-0.39, 0.29) is 12.0 Å². The Bertz CT molecular complexity index is 414. The Balaban J connectivity index is 2.55. The topological polar surface area (TPSA) is 50.4 Å². The van der Waals surface area contributed by atoms with E-state index in [0.717, 1.165) is 11.3 Å². The highest BCUT2D eigenvalue weighted by Gasteiger charge is 2.22. The van der Waals surface area contributed by atoms with Gasteiger partial charge in [-0.1, -0.05) is 13.8 Å². The van der Waals surface area contributed by atoms with Gasteiger partial charge in [0.15, 0.2) is 5.65 Å². The van der Waals surface area contributed by atoms with Crippen LogP contribution in [0, 0.1) is 0 Å². The fraction of sp³-hybridized carbons (Fsp3) is 0.400. The lowest BCUT2D eigenvalue weighted by Gasteiger charge is -2.17. The summed E-state index contributed by atoms with van der Waals surface area (Å²) in [5.74, 6) is 0. The van der Waals surface area contributed by atoms with Gasteiger partial charge >= 0.3 is 0 Å². The highest BCUT2D eigenvalue weighted by molar-refractivity contribution is 5.40. The molecule has 0 saturated carbocycles. The van der Waals surface area contributed by atoms with Crippen molar-refractivity contribution in [2.24, 2.45) is 0 Å². The molecule has 0 aliphatic rings. The number of fused-ring (bicyclic) bond motifs is 1. The Labute approximate surface area is 82.2 Å². The average Bonchev–Trinajstić information content (AvgIpc) is 2.61. The van der Waals surface area contributed by atoms with E-state index in [1.807, 2.05) is 32.2 Å². The molecule has 0 atom stereocenters. The summed E-state index contributed by atoms with van der Waals surface area (Å²) in [7, 11) is 0. The fourth-order valence-corrected chi connectivity index (χ4v) is 1.24. The first-order valence-electron chi connectivity index (χ1n) is 4.55. The maximum atomic E-state index is 9.20. The number of aliphatic hydroxyl groups is 1. The predicted octanol–water partition coefficient (Wildman–Crippen LogP) is 0.999. The average molecular weight is 191 g/mol. The quantitative estimate of drug-likeness (QED) is 0.770. The van der Waals surface area contributed by atoms with Crippen LogP contribution in [-0.4, -0.2) is 26.3 Å². The Morgan fingerprint density at radius 2 is 2.29 bits per heavy atom. The molecule has 1 N–H and O–H groups in total. The van der Waals surface area contributed by atoms with Crippen LogP contribution < -0.4 is 0 Å². The summed E-state index contributed by atoms with van der Waals surface area (Å²) in [6.45, 7) is 3.99. The van der Waals surface area contributed by atoms with Crippen LogP contribution in [0.2, 0.25) is 0 Å².